The van der Waals surface area contributed by atoms with Crippen LogP contribution >= 0.6 is 0 Å². The molecule has 0 aromatic rings. The van der Waals surface area contributed by atoms with Crippen LogP contribution in [-0.4, -0.2) is 92.9 Å². The summed E-state index contributed by atoms with van der Waals surface area (Å²) in [7, 11) is 0.509. The normalized spacial score (nSPS) is 30.5. The second-order valence-corrected chi connectivity index (χ2v) is 10.5. The Balaban J connectivity index is 1.58. The first-order chi connectivity index (χ1) is 11.9. The first kappa shape index (κ1) is 19.1. The lowest BCUT2D eigenvalue weighted by Gasteiger charge is -2.44. The molecule has 1 aliphatic carbocycles. The maximum Gasteiger partial charge on any atom is 0.236 e. The Morgan fingerprint density at radius 1 is 1.04 bits per heavy atom. The lowest BCUT2D eigenvalue weighted by Crippen LogP contribution is -2.60. The van der Waals surface area contributed by atoms with Crippen molar-refractivity contribution >= 4 is 15.7 Å². The maximum absolute atomic E-state index is 12.2. The minimum Gasteiger partial charge on any atom is -0.348 e. The van der Waals surface area contributed by atoms with Gasteiger partial charge in [-0.2, -0.15) is 0 Å². The monoisotopic (exact) mass is 371 g/mol. The van der Waals surface area contributed by atoms with E-state index in [1.807, 2.05) is 0 Å². The number of hydrogen-bond donors (Lipinski definition) is 0. The molecule has 0 unspecified atom stereocenters. The molecule has 2 saturated heterocycles. The smallest absolute Gasteiger partial charge is 0.236 e. The molecule has 1 amide bonds. The SMILES string of the molecule is CN(C)C(=O)CN1CCN(CCCC2CCCC2)[C@H]2CS(=O)(=O)C[C@H]21. The molecule has 144 valence electrons. The summed E-state index contributed by atoms with van der Waals surface area (Å²) in [6.07, 6.45) is 7.97. The maximum atomic E-state index is 12.2. The van der Waals surface area contributed by atoms with Crippen molar-refractivity contribution < 1.29 is 13.2 Å². The highest BCUT2D eigenvalue weighted by Crippen LogP contribution is 2.30. The largest absolute Gasteiger partial charge is 0.348 e. The quantitative estimate of drug-likeness (QED) is 0.692. The molecular formula is C18H33N3O3S. The fourth-order valence-corrected chi connectivity index (χ4v) is 6.81. The Morgan fingerprint density at radius 2 is 1.64 bits per heavy atom. The highest BCUT2D eigenvalue weighted by molar-refractivity contribution is 7.91. The Hall–Kier alpha value is -0.660. The number of nitrogens with zero attached hydrogens (tertiary/aromatic N) is 3. The fourth-order valence-electron chi connectivity index (χ4n) is 4.77. The van der Waals surface area contributed by atoms with Crippen molar-refractivity contribution in [2.24, 2.45) is 5.92 Å². The van der Waals surface area contributed by atoms with E-state index < -0.39 is 9.84 Å². The third-order valence-corrected chi connectivity index (χ3v) is 7.97. The Bertz CT molecular complexity index is 572. The third kappa shape index (κ3) is 4.74. The second-order valence-electron chi connectivity index (χ2n) is 8.30. The van der Waals surface area contributed by atoms with Crippen LogP contribution in [0.3, 0.4) is 0 Å². The van der Waals surface area contributed by atoms with Gasteiger partial charge in [0.15, 0.2) is 9.84 Å². The first-order valence-electron chi connectivity index (χ1n) is 9.74. The molecule has 3 rings (SSSR count). The summed E-state index contributed by atoms with van der Waals surface area (Å²) in [5, 5.41) is 0. The van der Waals surface area contributed by atoms with E-state index in [9.17, 15) is 13.2 Å². The van der Waals surface area contributed by atoms with Crippen LogP contribution in [0, 0.1) is 5.92 Å². The van der Waals surface area contributed by atoms with Crippen molar-refractivity contribution in [3.05, 3.63) is 0 Å². The van der Waals surface area contributed by atoms with Crippen molar-refractivity contribution in [2.75, 3.05) is 51.8 Å². The molecule has 0 aromatic carbocycles. The Labute approximate surface area is 152 Å². The van der Waals surface area contributed by atoms with E-state index in [0.717, 1.165) is 25.6 Å². The van der Waals surface area contributed by atoms with Crippen LogP contribution in [0.1, 0.15) is 38.5 Å². The van der Waals surface area contributed by atoms with Gasteiger partial charge in [0.1, 0.15) is 0 Å². The number of carbonyl (C=O) groups is 1. The summed E-state index contributed by atoms with van der Waals surface area (Å²) in [5.41, 5.74) is 0. The Kier molecular flexibility index (Phi) is 6.06. The number of sulfone groups is 1. The van der Waals surface area contributed by atoms with Gasteiger partial charge in [-0.3, -0.25) is 14.6 Å². The lowest BCUT2D eigenvalue weighted by atomic mass is 10.00. The fraction of sp³-hybridized carbons (Fsp3) is 0.944. The molecule has 3 aliphatic rings. The summed E-state index contributed by atoms with van der Waals surface area (Å²) in [4.78, 5) is 18.2. The van der Waals surface area contributed by atoms with Crippen LogP contribution in [-0.2, 0) is 14.6 Å². The highest BCUT2D eigenvalue weighted by atomic mass is 32.2. The van der Waals surface area contributed by atoms with E-state index in [1.165, 1.54) is 38.5 Å². The number of rotatable bonds is 6. The molecular weight excluding hydrogens is 338 g/mol. The minimum absolute atomic E-state index is 0.0193. The van der Waals surface area contributed by atoms with Crippen LogP contribution in [0.25, 0.3) is 0 Å². The summed E-state index contributed by atoms with van der Waals surface area (Å²) >= 11 is 0. The minimum atomic E-state index is -3.00. The van der Waals surface area contributed by atoms with E-state index in [1.54, 1.807) is 19.0 Å². The molecule has 3 fully saturated rings. The van der Waals surface area contributed by atoms with E-state index in [0.29, 0.717) is 6.54 Å². The van der Waals surface area contributed by atoms with Gasteiger partial charge >= 0.3 is 0 Å². The number of hydrogen-bond acceptors (Lipinski definition) is 5. The van der Waals surface area contributed by atoms with Crippen molar-refractivity contribution in [3.8, 4) is 0 Å². The summed E-state index contributed by atoms with van der Waals surface area (Å²) < 4.78 is 24.5. The molecule has 2 heterocycles. The highest BCUT2D eigenvalue weighted by Gasteiger charge is 2.46. The van der Waals surface area contributed by atoms with Gasteiger partial charge in [0.2, 0.25) is 5.91 Å². The molecule has 1 saturated carbocycles. The van der Waals surface area contributed by atoms with Gasteiger partial charge in [0, 0.05) is 39.3 Å². The van der Waals surface area contributed by atoms with Gasteiger partial charge < -0.3 is 4.90 Å². The van der Waals surface area contributed by atoms with Gasteiger partial charge in [-0.1, -0.05) is 25.7 Å². The van der Waals surface area contributed by atoms with E-state index >= 15 is 0 Å². The lowest BCUT2D eigenvalue weighted by molar-refractivity contribution is -0.131. The topological polar surface area (TPSA) is 60.9 Å². The summed E-state index contributed by atoms with van der Waals surface area (Å²) in [6.45, 7) is 3.00. The van der Waals surface area contributed by atoms with E-state index in [4.69, 9.17) is 0 Å². The van der Waals surface area contributed by atoms with Gasteiger partial charge in [-0.25, -0.2) is 8.42 Å². The predicted octanol–water partition coefficient (Wildman–Crippen LogP) is 0.828. The molecule has 2 aliphatic heterocycles. The summed E-state index contributed by atoms with van der Waals surface area (Å²) in [6, 6.07) is 0.0476. The zero-order valence-electron chi connectivity index (χ0n) is 15.7. The van der Waals surface area contributed by atoms with E-state index in [2.05, 4.69) is 9.80 Å². The molecule has 0 N–H and O–H groups in total. The number of likely N-dealkylation sites (N-methyl/N-ethyl adjacent to an activating group) is 1. The van der Waals surface area contributed by atoms with Gasteiger partial charge in [0.25, 0.3) is 0 Å². The average molecular weight is 372 g/mol. The number of fused-ring (bicyclic) bond motifs is 1. The van der Waals surface area contributed by atoms with Crippen LogP contribution in [0.4, 0.5) is 0 Å². The van der Waals surface area contributed by atoms with Gasteiger partial charge in [0.05, 0.1) is 18.1 Å². The third-order valence-electron chi connectivity index (χ3n) is 6.28. The molecule has 2 atom stereocenters. The molecule has 0 spiro atoms. The molecule has 25 heavy (non-hydrogen) atoms. The average Bonchev–Trinajstić information content (AvgIpc) is 3.15. The Morgan fingerprint density at radius 3 is 2.28 bits per heavy atom. The van der Waals surface area contributed by atoms with Gasteiger partial charge in [-0.15, -0.1) is 0 Å². The van der Waals surface area contributed by atoms with E-state index in [-0.39, 0.29) is 29.5 Å². The van der Waals surface area contributed by atoms with Crippen LogP contribution in [0.15, 0.2) is 0 Å². The molecule has 0 radical (unpaired) electrons. The molecule has 6 nitrogen and oxygen atoms in total. The predicted molar refractivity (Wildman–Crippen MR) is 99.3 cm³/mol. The van der Waals surface area contributed by atoms with Crippen molar-refractivity contribution in [2.45, 2.75) is 50.6 Å². The number of carbonyl (C=O) groups excluding carboxylic acids is 1. The van der Waals surface area contributed by atoms with Crippen LogP contribution < -0.4 is 0 Å². The first-order valence-corrected chi connectivity index (χ1v) is 11.6. The number of amides is 1. The standard InChI is InChI=1S/C18H33N3O3S/c1-19(2)18(22)12-21-11-10-20(9-5-8-15-6-3-4-7-15)16-13-25(23,24)14-17(16)21/h15-17H,3-14H2,1-2H3/t16-,17+/m0/s1. The van der Waals surface area contributed by atoms with Gasteiger partial charge in [-0.05, 0) is 25.3 Å². The molecule has 7 heteroatoms. The van der Waals surface area contributed by atoms with Crippen molar-refractivity contribution in [1.82, 2.24) is 14.7 Å². The van der Waals surface area contributed by atoms with Crippen LogP contribution in [0.5, 0.6) is 0 Å². The molecule has 0 bridgehead atoms. The van der Waals surface area contributed by atoms with Crippen LogP contribution in [0.2, 0.25) is 0 Å². The van der Waals surface area contributed by atoms with Crippen molar-refractivity contribution in [1.29, 1.82) is 0 Å². The zero-order valence-corrected chi connectivity index (χ0v) is 16.5. The number of piperazine rings is 1. The molecule has 0 aromatic heterocycles. The zero-order chi connectivity index (χ0) is 18.0. The second kappa shape index (κ2) is 7.92. The van der Waals surface area contributed by atoms with Crippen molar-refractivity contribution in [3.63, 3.8) is 0 Å². The summed E-state index contributed by atoms with van der Waals surface area (Å²) in [5.74, 6) is 1.41.